The van der Waals surface area contributed by atoms with E-state index in [1.807, 2.05) is 30.3 Å². The van der Waals surface area contributed by atoms with Crippen LogP contribution in [0.1, 0.15) is 21.7 Å². The quantitative estimate of drug-likeness (QED) is 0.753. The molecule has 2 heterocycles. The van der Waals surface area contributed by atoms with Crippen molar-refractivity contribution in [3.05, 3.63) is 70.2 Å². The Labute approximate surface area is 126 Å². The van der Waals surface area contributed by atoms with E-state index in [-0.39, 0.29) is 11.4 Å². The van der Waals surface area contributed by atoms with Crippen molar-refractivity contribution in [3.63, 3.8) is 0 Å². The first kappa shape index (κ1) is 13.9. The number of aromatic amines is 1. The van der Waals surface area contributed by atoms with E-state index in [2.05, 4.69) is 10.1 Å². The van der Waals surface area contributed by atoms with Crippen molar-refractivity contribution in [1.82, 2.24) is 19.3 Å². The molecule has 7 heteroatoms. The Kier molecular flexibility index (Phi) is 3.38. The third kappa shape index (κ3) is 2.44. The van der Waals surface area contributed by atoms with Crippen LogP contribution in [-0.2, 0) is 6.54 Å². The summed E-state index contributed by atoms with van der Waals surface area (Å²) in [5, 5.41) is 4.06. The average molecular weight is 297 g/mol. The van der Waals surface area contributed by atoms with E-state index in [4.69, 9.17) is 5.73 Å². The zero-order chi connectivity index (χ0) is 15.7. The number of hydrogen-bond donors (Lipinski definition) is 2. The Morgan fingerprint density at radius 2 is 2.05 bits per heavy atom. The number of nitrogens with two attached hydrogens (primary N) is 1. The van der Waals surface area contributed by atoms with Crippen LogP contribution in [0.3, 0.4) is 0 Å². The normalized spacial score (nSPS) is 10.8. The number of H-pyrrole nitrogens is 1. The van der Waals surface area contributed by atoms with E-state index >= 15 is 0 Å². The largest absolute Gasteiger partial charge is 0.396 e. The van der Waals surface area contributed by atoms with Gasteiger partial charge in [-0.1, -0.05) is 30.3 Å². The van der Waals surface area contributed by atoms with Gasteiger partial charge in [0.2, 0.25) is 0 Å². The molecule has 112 valence electrons. The number of nitrogens with one attached hydrogen (secondary N) is 1. The van der Waals surface area contributed by atoms with Gasteiger partial charge in [0.25, 0.3) is 5.91 Å². The van der Waals surface area contributed by atoms with Gasteiger partial charge in [0.1, 0.15) is 5.69 Å². The van der Waals surface area contributed by atoms with Gasteiger partial charge in [-0.05, 0) is 12.5 Å². The Hall–Kier alpha value is -3.09. The smallest absolute Gasteiger partial charge is 0.326 e. The number of carbonyl (C=O) groups excluding carboxylic acids is 1. The highest BCUT2D eigenvalue weighted by molar-refractivity contribution is 5.94. The van der Waals surface area contributed by atoms with Crippen molar-refractivity contribution in [2.75, 3.05) is 5.73 Å². The number of aryl methyl sites for hydroxylation is 1. The molecule has 7 nitrogen and oxygen atoms in total. The summed E-state index contributed by atoms with van der Waals surface area (Å²) < 4.78 is 2.53. The fourth-order valence-corrected chi connectivity index (χ4v) is 2.19. The lowest BCUT2D eigenvalue weighted by Gasteiger charge is -2.06. The molecular formula is C15H15N5O2. The Balaban J connectivity index is 1.98. The van der Waals surface area contributed by atoms with E-state index in [1.54, 1.807) is 6.92 Å². The molecule has 0 unspecified atom stereocenters. The van der Waals surface area contributed by atoms with Crippen LogP contribution in [0.4, 0.5) is 5.69 Å². The molecule has 0 saturated carbocycles. The minimum Gasteiger partial charge on any atom is -0.396 e. The number of carbonyl (C=O) groups is 1. The molecule has 0 radical (unpaired) electrons. The zero-order valence-electron chi connectivity index (χ0n) is 12.0. The lowest BCUT2D eigenvalue weighted by molar-refractivity contribution is 0.0935. The Bertz CT molecular complexity index is 853. The molecule has 0 bridgehead atoms. The maximum atomic E-state index is 12.5. The van der Waals surface area contributed by atoms with Crippen molar-refractivity contribution in [3.8, 4) is 0 Å². The fraction of sp³-hybridized carbons (Fsp3) is 0.133. The van der Waals surface area contributed by atoms with Crippen LogP contribution in [0.2, 0.25) is 0 Å². The predicted octanol–water partition coefficient (Wildman–Crippen LogP) is 1.00. The van der Waals surface area contributed by atoms with Crippen LogP contribution in [0.5, 0.6) is 0 Å². The number of nitrogens with zero attached hydrogens (tertiary/aromatic N) is 3. The monoisotopic (exact) mass is 297 g/mol. The van der Waals surface area contributed by atoms with E-state index in [0.29, 0.717) is 17.9 Å². The summed E-state index contributed by atoms with van der Waals surface area (Å²) in [6, 6.07) is 9.44. The van der Waals surface area contributed by atoms with Gasteiger partial charge in [0, 0.05) is 6.20 Å². The second-order valence-corrected chi connectivity index (χ2v) is 4.97. The summed E-state index contributed by atoms with van der Waals surface area (Å²) in [7, 11) is 0. The highest BCUT2D eigenvalue weighted by Crippen LogP contribution is 2.10. The SMILES string of the molecule is Cc1nn(C(=O)c2c[nH]c(=O)n2Cc2ccccc2)cc1N. The van der Waals surface area contributed by atoms with Crippen LogP contribution in [0.15, 0.2) is 47.5 Å². The summed E-state index contributed by atoms with van der Waals surface area (Å²) >= 11 is 0. The highest BCUT2D eigenvalue weighted by atomic mass is 16.2. The number of benzene rings is 1. The fourth-order valence-electron chi connectivity index (χ4n) is 2.19. The van der Waals surface area contributed by atoms with Gasteiger partial charge in [-0.2, -0.15) is 5.10 Å². The maximum Gasteiger partial charge on any atom is 0.326 e. The van der Waals surface area contributed by atoms with Gasteiger partial charge in [0.15, 0.2) is 0 Å². The number of rotatable bonds is 3. The van der Waals surface area contributed by atoms with Gasteiger partial charge < -0.3 is 10.7 Å². The van der Waals surface area contributed by atoms with Crippen molar-refractivity contribution >= 4 is 11.6 Å². The van der Waals surface area contributed by atoms with E-state index in [9.17, 15) is 9.59 Å². The summed E-state index contributed by atoms with van der Waals surface area (Å²) in [6.07, 6.45) is 2.84. The Morgan fingerprint density at radius 3 is 2.68 bits per heavy atom. The topological polar surface area (TPSA) is 98.7 Å². The number of anilines is 1. The van der Waals surface area contributed by atoms with E-state index < -0.39 is 5.91 Å². The third-order valence-corrected chi connectivity index (χ3v) is 3.42. The first-order chi connectivity index (χ1) is 10.6. The molecule has 0 aliphatic heterocycles. The summed E-state index contributed by atoms with van der Waals surface area (Å²) in [6.45, 7) is 2.02. The second kappa shape index (κ2) is 5.36. The third-order valence-electron chi connectivity index (χ3n) is 3.42. The molecule has 3 aromatic rings. The number of imidazole rings is 1. The minimum absolute atomic E-state index is 0.233. The van der Waals surface area contributed by atoms with Gasteiger partial charge >= 0.3 is 5.69 Å². The van der Waals surface area contributed by atoms with Gasteiger partial charge in [0.05, 0.1) is 24.1 Å². The molecule has 0 amide bonds. The van der Waals surface area contributed by atoms with E-state index in [1.165, 1.54) is 17.0 Å². The van der Waals surface area contributed by atoms with Crippen LogP contribution < -0.4 is 11.4 Å². The zero-order valence-corrected chi connectivity index (χ0v) is 12.0. The van der Waals surface area contributed by atoms with Gasteiger partial charge in [-0.25, -0.2) is 9.48 Å². The molecule has 0 aliphatic carbocycles. The van der Waals surface area contributed by atoms with Gasteiger partial charge in [-0.15, -0.1) is 0 Å². The lowest BCUT2D eigenvalue weighted by atomic mass is 10.2. The van der Waals surface area contributed by atoms with Crippen LogP contribution in [0.25, 0.3) is 0 Å². The van der Waals surface area contributed by atoms with Crippen LogP contribution in [-0.4, -0.2) is 25.2 Å². The first-order valence-electron chi connectivity index (χ1n) is 6.75. The van der Waals surface area contributed by atoms with Crippen molar-refractivity contribution < 1.29 is 4.79 Å². The standard InChI is InChI=1S/C15H15N5O2/c1-10-12(16)9-20(18-10)14(21)13-7-17-15(22)19(13)8-11-5-3-2-4-6-11/h2-7,9H,8,16H2,1H3,(H,17,22). The highest BCUT2D eigenvalue weighted by Gasteiger charge is 2.18. The van der Waals surface area contributed by atoms with E-state index in [0.717, 1.165) is 10.2 Å². The molecule has 3 rings (SSSR count). The minimum atomic E-state index is -0.408. The molecule has 0 saturated heterocycles. The van der Waals surface area contributed by atoms with Crippen LogP contribution >= 0.6 is 0 Å². The number of aromatic nitrogens is 4. The predicted molar refractivity (Wildman–Crippen MR) is 81.7 cm³/mol. The average Bonchev–Trinajstić information content (AvgIpc) is 3.04. The maximum absolute atomic E-state index is 12.5. The molecule has 0 atom stereocenters. The van der Waals surface area contributed by atoms with Crippen molar-refractivity contribution in [1.29, 1.82) is 0 Å². The molecular weight excluding hydrogens is 282 g/mol. The van der Waals surface area contributed by atoms with Crippen LogP contribution in [0, 0.1) is 6.92 Å². The summed E-state index contributed by atoms with van der Waals surface area (Å²) in [5.74, 6) is -0.408. The summed E-state index contributed by atoms with van der Waals surface area (Å²) in [5.41, 5.74) is 7.53. The molecule has 22 heavy (non-hydrogen) atoms. The number of nitrogen functional groups attached to an aromatic ring is 1. The molecule has 1 aromatic carbocycles. The van der Waals surface area contributed by atoms with Crippen molar-refractivity contribution in [2.45, 2.75) is 13.5 Å². The number of hydrogen-bond acceptors (Lipinski definition) is 4. The first-order valence-corrected chi connectivity index (χ1v) is 6.75. The lowest BCUT2D eigenvalue weighted by Crippen LogP contribution is -2.24. The van der Waals surface area contributed by atoms with Gasteiger partial charge in [-0.3, -0.25) is 9.36 Å². The molecule has 0 spiro atoms. The molecule has 0 fully saturated rings. The Morgan fingerprint density at radius 1 is 1.32 bits per heavy atom. The molecule has 0 aliphatic rings. The second-order valence-electron chi connectivity index (χ2n) is 4.97. The molecule has 3 N–H and O–H groups in total. The molecule has 2 aromatic heterocycles. The summed E-state index contributed by atoms with van der Waals surface area (Å²) in [4.78, 5) is 27.0. The van der Waals surface area contributed by atoms with Crippen molar-refractivity contribution in [2.24, 2.45) is 0 Å².